The fraction of sp³-hybridized carbons (Fsp3) is 0.103. The molecule has 0 spiro atoms. The minimum atomic E-state index is -0.981. The molecule has 1 amide bonds. The number of ketones is 1. The fourth-order valence-corrected chi connectivity index (χ4v) is 5.90. The molecular formula is C29H23N3O4S2. The molecule has 0 fully saturated rings. The number of aliphatic hydroxyl groups is 1. The summed E-state index contributed by atoms with van der Waals surface area (Å²) in [5, 5.41) is 29.7. The van der Waals surface area contributed by atoms with Gasteiger partial charge in [0.05, 0.1) is 11.6 Å². The maximum atomic E-state index is 13.3. The summed E-state index contributed by atoms with van der Waals surface area (Å²) in [7, 11) is 0. The number of nitrogens with zero attached hydrogens (tertiary/aromatic N) is 3. The predicted molar refractivity (Wildman–Crippen MR) is 149 cm³/mol. The molecule has 0 saturated heterocycles. The summed E-state index contributed by atoms with van der Waals surface area (Å²) < 4.78 is 0.645. The van der Waals surface area contributed by atoms with Gasteiger partial charge in [0, 0.05) is 5.75 Å². The third-order valence-electron chi connectivity index (χ3n) is 5.97. The van der Waals surface area contributed by atoms with Crippen LogP contribution in [0.25, 0.3) is 6.08 Å². The van der Waals surface area contributed by atoms with E-state index in [2.05, 4.69) is 22.3 Å². The number of aromatic nitrogens is 2. The van der Waals surface area contributed by atoms with E-state index in [4.69, 9.17) is 0 Å². The van der Waals surface area contributed by atoms with E-state index in [1.807, 2.05) is 49.4 Å². The van der Waals surface area contributed by atoms with Crippen molar-refractivity contribution in [2.45, 2.75) is 23.1 Å². The predicted octanol–water partition coefficient (Wildman–Crippen LogP) is 6.03. The zero-order valence-corrected chi connectivity index (χ0v) is 21.9. The van der Waals surface area contributed by atoms with Crippen molar-refractivity contribution in [3.8, 4) is 5.75 Å². The molecule has 1 aromatic heterocycles. The van der Waals surface area contributed by atoms with E-state index in [0.717, 1.165) is 11.1 Å². The Hall–Kier alpha value is -4.21. The van der Waals surface area contributed by atoms with Crippen LogP contribution in [0, 0.1) is 6.92 Å². The second-order valence-electron chi connectivity index (χ2n) is 8.67. The number of amides is 1. The second kappa shape index (κ2) is 11.0. The van der Waals surface area contributed by atoms with Gasteiger partial charge in [-0.2, -0.15) is 0 Å². The van der Waals surface area contributed by atoms with Gasteiger partial charge in [-0.05, 0) is 41.8 Å². The summed E-state index contributed by atoms with van der Waals surface area (Å²) in [5.74, 6) is -1.27. The Labute approximate surface area is 227 Å². The van der Waals surface area contributed by atoms with E-state index in [1.54, 1.807) is 18.2 Å². The highest BCUT2D eigenvalue weighted by Gasteiger charge is 2.45. The Morgan fingerprint density at radius 3 is 2.53 bits per heavy atom. The number of allylic oxidation sites excluding steroid dienone is 1. The number of phenolic OH excluding ortho intramolecular Hbond substituents is 1. The van der Waals surface area contributed by atoms with Crippen LogP contribution in [0.3, 0.4) is 0 Å². The van der Waals surface area contributed by atoms with E-state index in [-0.39, 0.29) is 16.5 Å². The Balaban J connectivity index is 1.45. The molecule has 1 aliphatic heterocycles. The lowest BCUT2D eigenvalue weighted by Crippen LogP contribution is -2.30. The number of benzene rings is 3. The van der Waals surface area contributed by atoms with Gasteiger partial charge in [0.2, 0.25) is 5.13 Å². The van der Waals surface area contributed by atoms with E-state index in [9.17, 15) is 19.8 Å². The number of thioether (sulfide) groups is 1. The summed E-state index contributed by atoms with van der Waals surface area (Å²) >= 11 is 2.69. The molecule has 2 heterocycles. The van der Waals surface area contributed by atoms with E-state index < -0.39 is 23.5 Å². The summed E-state index contributed by atoms with van der Waals surface area (Å²) in [6.07, 6.45) is 2.95. The average Bonchev–Trinajstić information content (AvgIpc) is 3.49. The molecule has 38 heavy (non-hydrogen) atoms. The molecule has 1 unspecified atom stereocenters. The monoisotopic (exact) mass is 541 g/mol. The SMILES string of the molecule is Cc1ccc(CSc2nnc(N3C(=O)C(O)=C(C(=O)/C=C/c4ccccc4)C3c3cccc(O)c3)s2)cc1. The van der Waals surface area contributed by atoms with Crippen LogP contribution in [-0.2, 0) is 15.3 Å². The van der Waals surface area contributed by atoms with Crippen molar-refractivity contribution < 1.29 is 19.8 Å². The largest absolute Gasteiger partial charge is 0.508 e. The van der Waals surface area contributed by atoms with E-state index >= 15 is 0 Å². The van der Waals surface area contributed by atoms with E-state index in [0.29, 0.717) is 15.7 Å². The molecule has 1 aliphatic rings. The molecule has 0 aliphatic carbocycles. The minimum Gasteiger partial charge on any atom is -0.508 e. The first-order valence-electron chi connectivity index (χ1n) is 11.8. The topological polar surface area (TPSA) is 104 Å². The number of aromatic hydroxyl groups is 1. The van der Waals surface area contributed by atoms with Crippen LogP contribution in [0.15, 0.2) is 101 Å². The first kappa shape index (κ1) is 25.4. The summed E-state index contributed by atoms with van der Waals surface area (Å²) in [6.45, 7) is 2.03. The lowest BCUT2D eigenvalue weighted by atomic mass is 9.95. The Kier molecular flexibility index (Phi) is 7.39. The summed E-state index contributed by atoms with van der Waals surface area (Å²) in [4.78, 5) is 27.9. The number of phenols is 1. The Morgan fingerprint density at radius 2 is 1.79 bits per heavy atom. The van der Waals surface area contributed by atoms with Crippen molar-refractivity contribution in [1.29, 1.82) is 0 Å². The number of anilines is 1. The maximum Gasteiger partial charge on any atom is 0.296 e. The molecule has 5 rings (SSSR count). The molecule has 0 bridgehead atoms. The lowest BCUT2D eigenvalue weighted by molar-refractivity contribution is -0.117. The Bertz CT molecular complexity index is 1550. The highest BCUT2D eigenvalue weighted by Crippen LogP contribution is 2.43. The minimum absolute atomic E-state index is 0.0282. The quantitative estimate of drug-likeness (QED) is 0.160. The van der Waals surface area contributed by atoms with Gasteiger partial charge in [-0.3, -0.25) is 14.5 Å². The first-order chi connectivity index (χ1) is 18.4. The molecule has 190 valence electrons. The van der Waals surface area contributed by atoms with E-state index in [1.165, 1.54) is 51.8 Å². The molecule has 7 nitrogen and oxygen atoms in total. The van der Waals surface area contributed by atoms with Crippen molar-refractivity contribution in [2.75, 3.05) is 4.90 Å². The summed E-state index contributed by atoms with van der Waals surface area (Å²) in [6, 6.07) is 22.7. The number of carbonyl (C=O) groups is 2. The zero-order valence-electron chi connectivity index (χ0n) is 20.3. The molecule has 9 heteroatoms. The molecule has 2 N–H and O–H groups in total. The lowest BCUT2D eigenvalue weighted by Gasteiger charge is -2.23. The van der Waals surface area contributed by atoms with Gasteiger partial charge in [-0.15, -0.1) is 10.2 Å². The van der Waals surface area contributed by atoms with Gasteiger partial charge in [0.25, 0.3) is 5.91 Å². The third-order valence-corrected chi connectivity index (χ3v) is 8.10. The standard InChI is InChI=1S/C29H23N3O4S2/c1-18-10-12-20(13-11-18)17-37-29-31-30-28(38-29)32-25(21-8-5-9-22(33)16-21)24(26(35)27(32)36)23(34)15-14-19-6-3-2-4-7-19/h2-16,25,33,35H,17H2,1H3/b15-14+. The summed E-state index contributed by atoms with van der Waals surface area (Å²) in [5.41, 5.74) is 3.48. The van der Waals surface area contributed by atoms with Crippen LogP contribution in [0.5, 0.6) is 5.75 Å². The van der Waals surface area contributed by atoms with Crippen molar-refractivity contribution in [3.63, 3.8) is 0 Å². The van der Waals surface area contributed by atoms with Crippen molar-refractivity contribution in [3.05, 3.63) is 119 Å². The number of aliphatic hydroxyl groups excluding tert-OH is 1. The van der Waals surface area contributed by atoms with Crippen molar-refractivity contribution >= 4 is 46.0 Å². The van der Waals surface area contributed by atoms with Gasteiger partial charge in [-0.1, -0.05) is 101 Å². The van der Waals surface area contributed by atoms with Crippen LogP contribution in [0.4, 0.5) is 5.13 Å². The highest BCUT2D eigenvalue weighted by molar-refractivity contribution is 8.00. The first-order valence-corrected chi connectivity index (χ1v) is 13.6. The zero-order chi connectivity index (χ0) is 26.6. The molecule has 3 aromatic carbocycles. The van der Waals surface area contributed by atoms with Crippen molar-refractivity contribution in [1.82, 2.24) is 10.2 Å². The van der Waals surface area contributed by atoms with Gasteiger partial charge in [0.15, 0.2) is 15.9 Å². The number of aryl methyl sites for hydroxylation is 1. The van der Waals surface area contributed by atoms with Gasteiger partial charge in [0.1, 0.15) is 5.75 Å². The highest BCUT2D eigenvalue weighted by atomic mass is 32.2. The smallest absolute Gasteiger partial charge is 0.296 e. The van der Waals surface area contributed by atoms with Crippen LogP contribution < -0.4 is 4.90 Å². The van der Waals surface area contributed by atoms with Gasteiger partial charge in [-0.25, -0.2) is 0 Å². The molecule has 4 aromatic rings. The van der Waals surface area contributed by atoms with Crippen LogP contribution in [0.1, 0.15) is 28.3 Å². The molecule has 0 radical (unpaired) electrons. The van der Waals surface area contributed by atoms with Gasteiger partial charge >= 0.3 is 0 Å². The van der Waals surface area contributed by atoms with Gasteiger partial charge < -0.3 is 10.2 Å². The number of hydrogen-bond donors (Lipinski definition) is 2. The van der Waals surface area contributed by atoms with Crippen LogP contribution >= 0.6 is 23.1 Å². The fourth-order valence-electron chi connectivity index (χ4n) is 4.08. The third kappa shape index (κ3) is 5.39. The molecular weight excluding hydrogens is 518 g/mol. The van der Waals surface area contributed by atoms with Crippen LogP contribution in [-0.4, -0.2) is 32.1 Å². The average molecular weight is 542 g/mol. The number of rotatable bonds is 8. The molecule has 0 saturated carbocycles. The van der Waals surface area contributed by atoms with Crippen LogP contribution in [0.2, 0.25) is 0 Å². The normalized spacial score (nSPS) is 15.6. The second-order valence-corrected chi connectivity index (χ2v) is 10.8. The number of carbonyl (C=O) groups excluding carboxylic acids is 2. The number of hydrogen-bond acceptors (Lipinski definition) is 8. The Morgan fingerprint density at radius 1 is 1.03 bits per heavy atom. The maximum absolute atomic E-state index is 13.3. The molecule has 1 atom stereocenters. The van der Waals surface area contributed by atoms with Crippen molar-refractivity contribution in [2.24, 2.45) is 0 Å².